The Morgan fingerprint density at radius 3 is 2.31 bits per heavy atom. The Balaban J connectivity index is 1.53. The number of benzene rings is 2. The fraction of sp³-hybridized carbons (Fsp3) is 0.273. The molecule has 0 saturated heterocycles. The fourth-order valence-electron chi connectivity index (χ4n) is 3.45. The normalized spacial score (nSPS) is 12.9. The lowest BCUT2D eigenvalue weighted by molar-refractivity contribution is 0.353. The van der Waals surface area contributed by atoms with Gasteiger partial charge in [-0.3, -0.25) is 0 Å². The van der Waals surface area contributed by atoms with Gasteiger partial charge in [0.2, 0.25) is 5.95 Å². The lowest BCUT2D eigenvalue weighted by Crippen LogP contribution is -2.31. The van der Waals surface area contributed by atoms with E-state index in [2.05, 4.69) is 21.3 Å². The summed E-state index contributed by atoms with van der Waals surface area (Å²) in [6, 6.07) is 13.7. The van der Waals surface area contributed by atoms with Gasteiger partial charge in [-0.1, -0.05) is 0 Å². The van der Waals surface area contributed by atoms with Crippen LogP contribution in [0.15, 0.2) is 48.7 Å². The van der Waals surface area contributed by atoms with Crippen LogP contribution in [0.25, 0.3) is 0 Å². The summed E-state index contributed by atoms with van der Waals surface area (Å²) in [6.07, 6.45) is 2.67. The molecular weight excluding hydrogens is 368 g/mol. The first kappa shape index (κ1) is 18.9. The highest BCUT2D eigenvalue weighted by atomic mass is 16.5. The van der Waals surface area contributed by atoms with Crippen LogP contribution in [-0.2, 0) is 13.0 Å². The Hall–Kier alpha value is -3.48. The van der Waals surface area contributed by atoms with E-state index in [9.17, 15) is 0 Å². The second kappa shape index (κ2) is 8.26. The molecule has 0 spiro atoms. The van der Waals surface area contributed by atoms with E-state index in [0.717, 1.165) is 48.3 Å². The van der Waals surface area contributed by atoms with Crippen LogP contribution in [0, 0.1) is 0 Å². The van der Waals surface area contributed by atoms with E-state index >= 15 is 0 Å². The van der Waals surface area contributed by atoms with Gasteiger partial charge in [0.05, 0.1) is 21.3 Å². The Labute approximate surface area is 170 Å². The van der Waals surface area contributed by atoms with Gasteiger partial charge in [-0.15, -0.1) is 0 Å². The summed E-state index contributed by atoms with van der Waals surface area (Å²) in [6.45, 7) is 1.57. The number of nitrogens with one attached hydrogen (secondary N) is 1. The van der Waals surface area contributed by atoms with Crippen molar-refractivity contribution in [3.63, 3.8) is 0 Å². The number of rotatable bonds is 6. The minimum atomic E-state index is 0.698. The number of hydrogen-bond acceptors (Lipinski definition) is 7. The number of methoxy groups -OCH3 is 3. The second-order valence-corrected chi connectivity index (χ2v) is 6.74. The highest BCUT2D eigenvalue weighted by Crippen LogP contribution is 2.34. The van der Waals surface area contributed by atoms with Crippen LogP contribution in [0.3, 0.4) is 0 Å². The highest BCUT2D eigenvalue weighted by Gasteiger charge is 2.21. The van der Waals surface area contributed by atoms with Crippen LogP contribution in [0.5, 0.6) is 17.2 Å². The van der Waals surface area contributed by atoms with Gasteiger partial charge in [-0.05, 0) is 60.0 Å². The van der Waals surface area contributed by atoms with E-state index in [1.54, 1.807) is 27.5 Å². The van der Waals surface area contributed by atoms with Crippen LogP contribution in [0.4, 0.5) is 17.5 Å². The third kappa shape index (κ3) is 4.03. The van der Waals surface area contributed by atoms with Crippen LogP contribution in [0.2, 0.25) is 0 Å². The molecule has 0 bridgehead atoms. The van der Waals surface area contributed by atoms with Crippen molar-refractivity contribution in [2.75, 3.05) is 38.1 Å². The maximum Gasteiger partial charge on any atom is 0.227 e. The first-order valence-corrected chi connectivity index (χ1v) is 9.43. The molecule has 7 heteroatoms. The van der Waals surface area contributed by atoms with Crippen molar-refractivity contribution in [1.82, 2.24) is 9.97 Å². The summed E-state index contributed by atoms with van der Waals surface area (Å²) < 4.78 is 16.1. The van der Waals surface area contributed by atoms with Gasteiger partial charge in [-0.25, -0.2) is 4.98 Å². The molecule has 1 N–H and O–H groups in total. The van der Waals surface area contributed by atoms with Crippen molar-refractivity contribution in [3.8, 4) is 17.2 Å². The molecule has 0 radical (unpaired) electrons. The summed E-state index contributed by atoms with van der Waals surface area (Å²) in [5, 5.41) is 3.32. The summed E-state index contributed by atoms with van der Waals surface area (Å²) in [7, 11) is 4.97. The molecule has 3 aromatic rings. The quantitative estimate of drug-likeness (QED) is 0.684. The SMILES string of the molecule is COc1ccc(Nc2ccnc(N3CCc4cc(OC)c(OC)cc4C3)n2)cc1. The molecule has 0 saturated carbocycles. The number of anilines is 3. The average Bonchev–Trinajstić information content (AvgIpc) is 2.78. The van der Waals surface area contributed by atoms with Crippen molar-refractivity contribution >= 4 is 17.5 Å². The molecule has 1 aliphatic rings. The third-order valence-electron chi connectivity index (χ3n) is 5.01. The number of aromatic nitrogens is 2. The molecular formula is C22H24N4O3. The van der Waals surface area contributed by atoms with E-state index in [0.29, 0.717) is 5.95 Å². The number of fused-ring (bicyclic) bond motifs is 1. The lowest BCUT2D eigenvalue weighted by Gasteiger charge is -2.29. The van der Waals surface area contributed by atoms with E-state index < -0.39 is 0 Å². The van der Waals surface area contributed by atoms with Crippen molar-refractivity contribution in [2.24, 2.45) is 0 Å². The molecule has 4 rings (SSSR count). The topological polar surface area (TPSA) is 68.7 Å². The zero-order chi connectivity index (χ0) is 20.2. The summed E-state index contributed by atoms with van der Waals surface area (Å²) in [5.41, 5.74) is 3.41. The van der Waals surface area contributed by atoms with Crippen LogP contribution in [-0.4, -0.2) is 37.8 Å². The van der Waals surface area contributed by atoms with Gasteiger partial charge >= 0.3 is 0 Å². The molecule has 1 aliphatic heterocycles. The third-order valence-corrected chi connectivity index (χ3v) is 5.01. The lowest BCUT2D eigenvalue weighted by atomic mass is 9.99. The van der Waals surface area contributed by atoms with Gasteiger partial charge in [-0.2, -0.15) is 4.98 Å². The zero-order valence-corrected chi connectivity index (χ0v) is 16.8. The Morgan fingerprint density at radius 2 is 1.62 bits per heavy atom. The molecule has 0 amide bonds. The largest absolute Gasteiger partial charge is 0.497 e. The Kier molecular flexibility index (Phi) is 5.37. The fourth-order valence-corrected chi connectivity index (χ4v) is 3.45. The van der Waals surface area contributed by atoms with Gasteiger partial charge in [0.1, 0.15) is 11.6 Å². The molecule has 2 aromatic carbocycles. The number of hydrogen-bond donors (Lipinski definition) is 1. The molecule has 0 fully saturated rings. The molecule has 0 unspecified atom stereocenters. The summed E-state index contributed by atoms with van der Waals surface area (Å²) in [4.78, 5) is 11.4. The van der Waals surface area contributed by atoms with Crippen molar-refractivity contribution in [1.29, 1.82) is 0 Å². The maximum atomic E-state index is 5.45. The van der Waals surface area contributed by atoms with E-state index in [1.807, 2.05) is 36.4 Å². The van der Waals surface area contributed by atoms with E-state index in [4.69, 9.17) is 19.2 Å². The van der Waals surface area contributed by atoms with Gasteiger partial charge in [0.25, 0.3) is 0 Å². The monoisotopic (exact) mass is 392 g/mol. The van der Waals surface area contributed by atoms with Crippen molar-refractivity contribution in [2.45, 2.75) is 13.0 Å². The van der Waals surface area contributed by atoms with Crippen LogP contribution < -0.4 is 24.4 Å². The number of nitrogens with zero attached hydrogens (tertiary/aromatic N) is 3. The predicted octanol–water partition coefficient (Wildman–Crippen LogP) is 3.81. The van der Waals surface area contributed by atoms with Gasteiger partial charge < -0.3 is 24.4 Å². The maximum absolute atomic E-state index is 5.45. The Bertz CT molecular complexity index is 992. The molecule has 29 heavy (non-hydrogen) atoms. The minimum absolute atomic E-state index is 0.698. The molecule has 0 atom stereocenters. The second-order valence-electron chi connectivity index (χ2n) is 6.74. The van der Waals surface area contributed by atoms with E-state index in [-0.39, 0.29) is 0 Å². The van der Waals surface area contributed by atoms with Crippen LogP contribution >= 0.6 is 0 Å². The van der Waals surface area contributed by atoms with Gasteiger partial charge in [0, 0.05) is 25.0 Å². The number of ether oxygens (including phenoxy) is 3. The van der Waals surface area contributed by atoms with Gasteiger partial charge in [0.15, 0.2) is 11.5 Å². The van der Waals surface area contributed by atoms with Crippen molar-refractivity contribution in [3.05, 3.63) is 59.8 Å². The minimum Gasteiger partial charge on any atom is -0.497 e. The Morgan fingerprint density at radius 1 is 0.897 bits per heavy atom. The van der Waals surface area contributed by atoms with E-state index in [1.165, 1.54) is 11.1 Å². The average molecular weight is 392 g/mol. The smallest absolute Gasteiger partial charge is 0.227 e. The molecule has 2 heterocycles. The zero-order valence-electron chi connectivity index (χ0n) is 16.8. The summed E-state index contributed by atoms with van der Waals surface area (Å²) >= 11 is 0. The summed E-state index contributed by atoms with van der Waals surface area (Å²) in [5.74, 6) is 3.77. The van der Waals surface area contributed by atoms with Crippen molar-refractivity contribution < 1.29 is 14.2 Å². The predicted molar refractivity (Wildman–Crippen MR) is 113 cm³/mol. The highest BCUT2D eigenvalue weighted by molar-refractivity contribution is 5.58. The molecule has 0 aliphatic carbocycles. The first-order valence-electron chi connectivity index (χ1n) is 9.43. The molecule has 7 nitrogen and oxygen atoms in total. The first-order chi connectivity index (χ1) is 14.2. The van der Waals surface area contributed by atoms with Crippen LogP contribution in [0.1, 0.15) is 11.1 Å². The molecule has 1 aromatic heterocycles. The molecule has 150 valence electrons. The standard InChI is InChI=1S/C22H24N4O3/c1-27-18-6-4-17(5-7-18)24-21-8-10-23-22(25-21)26-11-9-15-12-19(28-2)20(29-3)13-16(15)14-26/h4-8,10,12-13H,9,11,14H2,1-3H3,(H,23,24,25).